The fraction of sp³-hybridized carbons (Fsp3) is 0.688. The summed E-state index contributed by atoms with van der Waals surface area (Å²) >= 11 is 0. The minimum Gasteiger partial charge on any atom is -0.450 e. The Hall–Kier alpha value is -1.85. The maximum absolute atomic E-state index is 11.7. The first-order valence-electron chi connectivity index (χ1n) is 7.86. The third-order valence-corrected chi connectivity index (χ3v) is 3.55. The average molecular weight is 306 g/mol. The van der Waals surface area contributed by atoms with E-state index in [-0.39, 0.29) is 11.5 Å². The predicted octanol–water partition coefficient (Wildman–Crippen LogP) is 2.34. The highest BCUT2D eigenvalue weighted by molar-refractivity contribution is 5.68. The van der Waals surface area contributed by atoms with Crippen molar-refractivity contribution < 1.29 is 9.53 Å². The van der Waals surface area contributed by atoms with E-state index in [0.717, 1.165) is 31.0 Å². The standard InChI is InChI=1S/C16H26N4O2/c1-5-22-15(21)20-8-6-19(7-9-20)14-10-13(17-12-18-14)11-16(2,3)4/h10,12H,5-9,11H2,1-4H3. The minimum atomic E-state index is -0.224. The molecule has 0 spiro atoms. The van der Waals surface area contributed by atoms with Crippen molar-refractivity contribution in [1.29, 1.82) is 0 Å². The van der Waals surface area contributed by atoms with Gasteiger partial charge in [-0.3, -0.25) is 0 Å². The van der Waals surface area contributed by atoms with Gasteiger partial charge in [0.15, 0.2) is 0 Å². The highest BCUT2D eigenvalue weighted by Gasteiger charge is 2.23. The van der Waals surface area contributed by atoms with E-state index in [2.05, 4.69) is 41.7 Å². The van der Waals surface area contributed by atoms with Gasteiger partial charge in [-0.1, -0.05) is 20.8 Å². The van der Waals surface area contributed by atoms with E-state index in [9.17, 15) is 4.79 Å². The Labute approximate surface area is 132 Å². The Morgan fingerprint density at radius 1 is 1.23 bits per heavy atom. The van der Waals surface area contributed by atoms with Gasteiger partial charge in [-0.2, -0.15) is 0 Å². The maximum Gasteiger partial charge on any atom is 0.409 e. The molecule has 1 aliphatic heterocycles. The Morgan fingerprint density at radius 2 is 1.91 bits per heavy atom. The zero-order valence-corrected chi connectivity index (χ0v) is 14.0. The molecular formula is C16H26N4O2. The summed E-state index contributed by atoms with van der Waals surface area (Å²) in [6, 6.07) is 2.06. The van der Waals surface area contributed by atoms with Crippen molar-refractivity contribution in [2.45, 2.75) is 34.1 Å². The maximum atomic E-state index is 11.7. The molecule has 0 aliphatic carbocycles. The summed E-state index contributed by atoms with van der Waals surface area (Å²) in [5, 5.41) is 0. The number of carbonyl (C=O) groups excluding carboxylic acids is 1. The van der Waals surface area contributed by atoms with Crippen molar-refractivity contribution in [2.24, 2.45) is 5.41 Å². The van der Waals surface area contributed by atoms with Gasteiger partial charge in [0.25, 0.3) is 0 Å². The molecule has 0 atom stereocenters. The number of amides is 1. The van der Waals surface area contributed by atoms with Gasteiger partial charge in [-0.05, 0) is 18.8 Å². The van der Waals surface area contributed by atoms with Crippen molar-refractivity contribution in [2.75, 3.05) is 37.7 Å². The Morgan fingerprint density at radius 3 is 2.50 bits per heavy atom. The molecule has 0 bridgehead atoms. The van der Waals surface area contributed by atoms with Gasteiger partial charge in [-0.25, -0.2) is 14.8 Å². The van der Waals surface area contributed by atoms with Gasteiger partial charge in [0.05, 0.1) is 6.61 Å². The van der Waals surface area contributed by atoms with Crippen LogP contribution in [0, 0.1) is 5.41 Å². The second-order valence-corrected chi connectivity index (χ2v) is 6.78. The first kappa shape index (κ1) is 16.5. The molecule has 1 amide bonds. The second kappa shape index (κ2) is 6.94. The first-order chi connectivity index (χ1) is 10.4. The summed E-state index contributed by atoms with van der Waals surface area (Å²) in [6.07, 6.45) is 2.33. The van der Waals surface area contributed by atoms with Gasteiger partial charge in [0.2, 0.25) is 0 Å². The molecule has 1 aromatic rings. The molecule has 0 N–H and O–H groups in total. The number of aromatic nitrogens is 2. The predicted molar refractivity (Wildman–Crippen MR) is 86.0 cm³/mol. The summed E-state index contributed by atoms with van der Waals surface area (Å²) in [5.74, 6) is 0.942. The van der Waals surface area contributed by atoms with Crippen molar-refractivity contribution in [1.82, 2.24) is 14.9 Å². The Bertz CT molecular complexity index is 505. The van der Waals surface area contributed by atoms with Crippen LogP contribution in [0.15, 0.2) is 12.4 Å². The zero-order valence-electron chi connectivity index (χ0n) is 14.0. The molecule has 122 valence electrons. The SMILES string of the molecule is CCOC(=O)N1CCN(c2cc(CC(C)(C)C)ncn2)CC1. The van der Waals surface area contributed by atoms with Crippen LogP contribution in [0.2, 0.25) is 0 Å². The molecule has 1 saturated heterocycles. The van der Waals surface area contributed by atoms with E-state index in [4.69, 9.17) is 4.74 Å². The molecule has 2 rings (SSSR count). The summed E-state index contributed by atoms with van der Waals surface area (Å²) in [4.78, 5) is 24.4. The molecule has 0 aromatic carbocycles. The molecule has 1 aliphatic rings. The molecule has 6 nitrogen and oxygen atoms in total. The lowest BCUT2D eigenvalue weighted by Crippen LogP contribution is -2.49. The lowest BCUT2D eigenvalue weighted by molar-refractivity contribution is 0.105. The summed E-state index contributed by atoms with van der Waals surface area (Å²) in [5.41, 5.74) is 1.26. The van der Waals surface area contributed by atoms with Crippen LogP contribution in [0.1, 0.15) is 33.4 Å². The average Bonchev–Trinajstić information content (AvgIpc) is 2.46. The first-order valence-corrected chi connectivity index (χ1v) is 7.86. The quantitative estimate of drug-likeness (QED) is 0.858. The van der Waals surface area contributed by atoms with Crippen LogP contribution < -0.4 is 4.90 Å². The number of nitrogens with zero attached hydrogens (tertiary/aromatic N) is 4. The number of hydrogen-bond acceptors (Lipinski definition) is 5. The molecule has 0 saturated carbocycles. The normalized spacial score (nSPS) is 15.8. The largest absolute Gasteiger partial charge is 0.450 e. The molecule has 1 fully saturated rings. The highest BCUT2D eigenvalue weighted by atomic mass is 16.6. The lowest BCUT2D eigenvalue weighted by atomic mass is 9.90. The molecule has 22 heavy (non-hydrogen) atoms. The Kier molecular flexibility index (Phi) is 5.21. The minimum absolute atomic E-state index is 0.203. The third-order valence-electron chi connectivity index (χ3n) is 3.55. The van der Waals surface area contributed by atoms with E-state index in [1.807, 2.05) is 6.92 Å². The lowest BCUT2D eigenvalue weighted by Gasteiger charge is -2.34. The van der Waals surface area contributed by atoms with Gasteiger partial charge >= 0.3 is 6.09 Å². The fourth-order valence-corrected chi connectivity index (χ4v) is 2.53. The zero-order chi connectivity index (χ0) is 16.2. The van der Waals surface area contributed by atoms with Crippen molar-refractivity contribution in [3.63, 3.8) is 0 Å². The van der Waals surface area contributed by atoms with Crippen LogP contribution in [0.4, 0.5) is 10.6 Å². The number of anilines is 1. The summed E-state index contributed by atoms with van der Waals surface area (Å²) in [6.45, 7) is 11.7. The van der Waals surface area contributed by atoms with Crippen LogP contribution in [0.25, 0.3) is 0 Å². The summed E-state index contributed by atoms with van der Waals surface area (Å²) < 4.78 is 5.04. The van der Waals surface area contributed by atoms with Crippen LogP contribution in [-0.2, 0) is 11.2 Å². The van der Waals surface area contributed by atoms with E-state index in [0.29, 0.717) is 19.7 Å². The van der Waals surface area contributed by atoms with Crippen LogP contribution in [0.3, 0.4) is 0 Å². The van der Waals surface area contributed by atoms with Gasteiger partial charge in [0.1, 0.15) is 12.1 Å². The molecular weight excluding hydrogens is 280 g/mol. The number of hydrogen-bond donors (Lipinski definition) is 0. The van der Waals surface area contributed by atoms with E-state index in [1.54, 1.807) is 11.2 Å². The van der Waals surface area contributed by atoms with Crippen LogP contribution >= 0.6 is 0 Å². The van der Waals surface area contributed by atoms with Crippen molar-refractivity contribution in [3.05, 3.63) is 18.1 Å². The van der Waals surface area contributed by atoms with E-state index >= 15 is 0 Å². The number of piperazine rings is 1. The topological polar surface area (TPSA) is 58.6 Å². The molecule has 1 aromatic heterocycles. The molecule has 0 unspecified atom stereocenters. The van der Waals surface area contributed by atoms with Crippen molar-refractivity contribution >= 4 is 11.9 Å². The number of ether oxygens (including phenoxy) is 1. The van der Waals surface area contributed by atoms with Crippen LogP contribution in [-0.4, -0.2) is 53.7 Å². The Balaban J connectivity index is 1.96. The van der Waals surface area contributed by atoms with Gasteiger partial charge < -0.3 is 14.5 Å². The smallest absolute Gasteiger partial charge is 0.409 e. The van der Waals surface area contributed by atoms with Gasteiger partial charge in [-0.15, -0.1) is 0 Å². The molecule has 6 heteroatoms. The molecule has 0 radical (unpaired) electrons. The van der Waals surface area contributed by atoms with Crippen molar-refractivity contribution in [3.8, 4) is 0 Å². The van der Waals surface area contributed by atoms with Gasteiger partial charge in [0, 0.05) is 37.9 Å². The summed E-state index contributed by atoms with van der Waals surface area (Å²) in [7, 11) is 0. The number of carbonyl (C=O) groups is 1. The molecule has 2 heterocycles. The number of rotatable bonds is 3. The van der Waals surface area contributed by atoms with Crippen LogP contribution in [0.5, 0.6) is 0 Å². The monoisotopic (exact) mass is 306 g/mol. The van der Waals surface area contributed by atoms with E-state index in [1.165, 1.54) is 0 Å². The third kappa shape index (κ3) is 4.58. The second-order valence-electron chi connectivity index (χ2n) is 6.78. The fourth-order valence-electron chi connectivity index (χ4n) is 2.53. The highest BCUT2D eigenvalue weighted by Crippen LogP contribution is 2.21. The van der Waals surface area contributed by atoms with E-state index < -0.39 is 0 Å².